The molecule has 0 radical (unpaired) electrons. The molecule has 2 unspecified atom stereocenters. The van der Waals surface area contributed by atoms with Gasteiger partial charge in [-0.15, -0.1) is 0 Å². The molecule has 0 spiro atoms. The first kappa shape index (κ1) is 12.6. The third kappa shape index (κ3) is 2.52. The highest BCUT2D eigenvalue weighted by molar-refractivity contribution is 5.29. The number of halogens is 1. The van der Waals surface area contributed by atoms with Crippen LogP contribution in [0.2, 0.25) is 0 Å². The molecule has 1 N–H and O–H groups in total. The van der Waals surface area contributed by atoms with Gasteiger partial charge in [0.15, 0.2) is 0 Å². The van der Waals surface area contributed by atoms with Gasteiger partial charge in [-0.05, 0) is 43.0 Å². The normalized spacial score (nSPS) is 28.9. The molecule has 1 aliphatic rings. The molecule has 2 heteroatoms. The highest BCUT2D eigenvalue weighted by Crippen LogP contribution is 2.37. The Morgan fingerprint density at radius 1 is 1.35 bits per heavy atom. The Morgan fingerprint density at radius 3 is 2.59 bits per heavy atom. The Bertz CT molecular complexity index is 371. The lowest BCUT2D eigenvalue weighted by atomic mass is 9.74. The van der Waals surface area contributed by atoms with Crippen LogP contribution in [0.25, 0.3) is 0 Å². The number of hydrogen-bond donors (Lipinski definition) is 1. The van der Waals surface area contributed by atoms with Gasteiger partial charge in [0, 0.05) is 11.5 Å². The van der Waals surface area contributed by atoms with Crippen LogP contribution in [-0.4, -0.2) is 12.6 Å². The Kier molecular flexibility index (Phi) is 3.53. The fraction of sp³-hybridized carbons (Fsp3) is 0.600. The summed E-state index contributed by atoms with van der Waals surface area (Å²) >= 11 is 0. The van der Waals surface area contributed by atoms with Crippen LogP contribution in [0.1, 0.15) is 39.2 Å². The van der Waals surface area contributed by atoms with E-state index in [4.69, 9.17) is 0 Å². The van der Waals surface area contributed by atoms with Gasteiger partial charge >= 0.3 is 0 Å². The van der Waals surface area contributed by atoms with E-state index in [1.165, 1.54) is 12.0 Å². The number of hydrogen-bond acceptors (Lipinski definition) is 1. The van der Waals surface area contributed by atoms with Crippen molar-refractivity contribution < 1.29 is 4.39 Å². The summed E-state index contributed by atoms with van der Waals surface area (Å²) in [5.41, 5.74) is 1.41. The first-order valence-electron chi connectivity index (χ1n) is 6.52. The molecule has 1 fully saturated rings. The lowest BCUT2D eigenvalue weighted by Crippen LogP contribution is -2.39. The van der Waals surface area contributed by atoms with E-state index < -0.39 is 0 Å². The van der Waals surface area contributed by atoms with Gasteiger partial charge in [-0.2, -0.15) is 0 Å². The van der Waals surface area contributed by atoms with Gasteiger partial charge < -0.3 is 5.32 Å². The van der Waals surface area contributed by atoms with Crippen molar-refractivity contribution in [1.82, 2.24) is 5.32 Å². The molecule has 1 aromatic rings. The van der Waals surface area contributed by atoms with E-state index in [-0.39, 0.29) is 11.2 Å². The zero-order chi connectivity index (χ0) is 12.5. The van der Waals surface area contributed by atoms with Crippen LogP contribution < -0.4 is 5.32 Å². The number of benzene rings is 1. The molecule has 1 nitrogen and oxygen atoms in total. The first-order valence-corrected chi connectivity index (χ1v) is 6.52. The molecule has 0 aromatic heterocycles. The van der Waals surface area contributed by atoms with Gasteiger partial charge in [0.25, 0.3) is 0 Å². The van der Waals surface area contributed by atoms with Crippen LogP contribution in [0.5, 0.6) is 0 Å². The van der Waals surface area contributed by atoms with E-state index in [0.29, 0.717) is 12.0 Å². The van der Waals surface area contributed by atoms with Gasteiger partial charge in [0.1, 0.15) is 5.82 Å². The maximum Gasteiger partial charge on any atom is 0.123 e. The molecule has 1 heterocycles. The van der Waals surface area contributed by atoms with Gasteiger partial charge in [0.2, 0.25) is 0 Å². The fourth-order valence-corrected chi connectivity index (χ4v) is 2.90. The second kappa shape index (κ2) is 4.77. The Labute approximate surface area is 103 Å². The Balaban J connectivity index is 2.24. The zero-order valence-electron chi connectivity index (χ0n) is 11.0. The monoisotopic (exact) mass is 235 g/mol. The van der Waals surface area contributed by atoms with Crippen LogP contribution in [-0.2, 0) is 5.41 Å². The average molecular weight is 235 g/mol. The summed E-state index contributed by atoms with van der Waals surface area (Å²) in [5.74, 6) is 0.536. The molecular formula is C15H22FN. The lowest BCUT2D eigenvalue weighted by Gasteiger charge is -2.33. The predicted molar refractivity (Wildman–Crippen MR) is 69.6 cm³/mol. The van der Waals surface area contributed by atoms with Crippen LogP contribution >= 0.6 is 0 Å². The van der Waals surface area contributed by atoms with Crippen molar-refractivity contribution in [2.45, 2.75) is 45.1 Å². The van der Waals surface area contributed by atoms with Gasteiger partial charge in [-0.1, -0.05) is 32.9 Å². The van der Waals surface area contributed by atoms with Crippen LogP contribution in [0.15, 0.2) is 24.3 Å². The predicted octanol–water partition coefficient (Wildman–Crippen LogP) is 3.49. The number of nitrogens with one attached hydrogen (secondary N) is 1. The summed E-state index contributed by atoms with van der Waals surface area (Å²) in [6.07, 6.45) is 2.31. The van der Waals surface area contributed by atoms with E-state index in [1.54, 1.807) is 12.1 Å². The van der Waals surface area contributed by atoms with Crippen molar-refractivity contribution in [3.63, 3.8) is 0 Å². The van der Waals surface area contributed by atoms with Gasteiger partial charge in [0.05, 0.1) is 0 Å². The second-order valence-electron chi connectivity index (χ2n) is 5.81. The largest absolute Gasteiger partial charge is 0.313 e. The minimum Gasteiger partial charge on any atom is -0.313 e. The minimum absolute atomic E-state index is 0.149. The van der Waals surface area contributed by atoms with Crippen molar-refractivity contribution in [3.05, 3.63) is 35.6 Å². The van der Waals surface area contributed by atoms with E-state index in [9.17, 15) is 4.39 Å². The summed E-state index contributed by atoms with van der Waals surface area (Å²) in [5, 5.41) is 3.60. The Hall–Kier alpha value is -0.890. The molecule has 1 saturated heterocycles. The molecule has 0 amide bonds. The molecule has 1 aromatic carbocycles. The maximum atomic E-state index is 13.0. The van der Waals surface area contributed by atoms with Crippen molar-refractivity contribution in [2.75, 3.05) is 6.54 Å². The third-order valence-electron chi connectivity index (χ3n) is 4.01. The summed E-state index contributed by atoms with van der Waals surface area (Å²) in [6.45, 7) is 7.87. The maximum absolute atomic E-state index is 13.0. The molecule has 0 bridgehead atoms. The van der Waals surface area contributed by atoms with Crippen LogP contribution in [0.4, 0.5) is 4.39 Å². The standard InChI is InChI=1S/C15H22FN/c1-11(2)10-14-15(3,8-9-17-14)12-4-6-13(16)7-5-12/h4-7,11,14,17H,8-10H2,1-3H3. The molecule has 2 atom stereocenters. The average Bonchev–Trinajstić information content (AvgIpc) is 2.61. The molecular weight excluding hydrogens is 213 g/mol. The van der Waals surface area contributed by atoms with Crippen LogP contribution in [0, 0.1) is 11.7 Å². The van der Waals surface area contributed by atoms with Crippen molar-refractivity contribution in [1.29, 1.82) is 0 Å². The highest BCUT2D eigenvalue weighted by Gasteiger charge is 2.39. The highest BCUT2D eigenvalue weighted by atomic mass is 19.1. The van der Waals surface area contributed by atoms with E-state index in [0.717, 1.165) is 13.0 Å². The molecule has 0 saturated carbocycles. The topological polar surface area (TPSA) is 12.0 Å². The van der Waals surface area contributed by atoms with E-state index in [2.05, 4.69) is 26.1 Å². The Morgan fingerprint density at radius 2 is 2.00 bits per heavy atom. The second-order valence-corrected chi connectivity index (χ2v) is 5.81. The molecule has 0 aliphatic carbocycles. The van der Waals surface area contributed by atoms with Crippen LogP contribution in [0.3, 0.4) is 0 Å². The molecule has 94 valence electrons. The fourth-order valence-electron chi connectivity index (χ4n) is 2.90. The van der Waals surface area contributed by atoms with Gasteiger partial charge in [-0.3, -0.25) is 0 Å². The zero-order valence-corrected chi connectivity index (χ0v) is 11.0. The smallest absolute Gasteiger partial charge is 0.123 e. The van der Waals surface area contributed by atoms with E-state index >= 15 is 0 Å². The quantitative estimate of drug-likeness (QED) is 0.845. The summed E-state index contributed by atoms with van der Waals surface area (Å²) < 4.78 is 13.0. The molecule has 2 rings (SSSR count). The number of rotatable bonds is 3. The van der Waals surface area contributed by atoms with Gasteiger partial charge in [-0.25, -0.2) is 4.39 Å². The SMILES string of the molecule is CC(C)CC1NCCC1(C)c1ccc(F)cc1. The minimum atomic E-state index is -0.149. The van der Waals surface area contributed by atoms with Crippen molar-refractivity contribution in [2.24, 2.45) is 5.92 Å². The summed E-state index contributed by atoms with van der Waals surface area (Å²) in [6, 6.07) is 7.54. The summed E-state index contributed by atoms with van der Waals surface area (Å²) in [7, 11) is 0. The third-order valence-corrected chi connectivity index (χ3v) is 4.01. The van der Waals surface area contributed by atoms with Crippen molar-refractivity contribution in [3.8, 4) is 0 Å². The lowest BCUT2D eigenvalue weighted by molar-refractivity contribution is 0.344. The first-order chi connectivity index (χ1) is 8.02. The van der Waals surface area contributed by atoms with E-state index in [1.807, 2.05) is 12.1 Å². The molecule has 1 aliphatic heterocycles. The molecule has 17 heavy (non-hydrogen) atoms. The van der Waals surface area contributed by atoms with Crippen molar-refractivity contribution >= 4 is 0 Å². The summed E-state index contributed by atoms with van der Waals surface area (Å²) in [4.78, 5) is 0.